The first kappa shape index (κ1) is 23.9. The number of nitrogens with one attached hydrogen (secondary N) is 5. The predicted octanol–water partition coefficient (Wildman–Crippen LogP) is 4.17. The molecule has 1 aliphatic heterocycles. The van der Waals surface area contributed by atoms with Crippen molar-refractivity contribution in [2.45, 2.75) is 40.0 Å². The number of aryl methyl sites for hydroxylation is 1. The van der Waals surface area contributed by atoms with Gasteiger partial charge in [0.1, 0.15) is 11.4 Å². The Morgan fingerprint density at radius 2 is 2.00 bits per heavy atom. The maximum Gasteiger partial charge on any atom is 0.225 e. The van der Waals surface area contributed by atoms with Crippen LogP contribution in [0.4, 0.5) is 23.1 Å². The molecular formula is C24H37N7O. The molecule has 174 valence electrons. The van der Waals surface area contributed by atoms with Crippen LogP contribution in [0.1, 0.15) is 44.4 Å². The van der Waals surface area contributed by atoms with Gasteiger partial charge in [0.05, 0.1) is 12.3 Å². The predicted molar refractivity (Wildman–Crippen MR) is 133 cm³/mol. The second-order valence-electron chi connectivity index (χ2n) is 8.14. The van der Waals surface area contributed by atoms with Crippen molar-refractivity contribution in [2.24, 2.45) is 5.92 Å². The standard InChI is InChI=1S/C24H37N7O/c1-4-20(25)21-22(27-13-14-32-5-2)23(29-19-8-6-7-17(3)15-19)31-24(30-21)28-16-18-9-11-26-12-10-18/h6-8,15,18,25-27H,4-5,9-14,16H2,1-3H3,(H2,28,29,30,31). The van der Waals surface area contributed by atoms with Crippen LogP contribution in [0, 0.1) is 18.3 Å². The minimum absolute atomic E-state index is 0.475. The Labute approximate surface area is 191 Å². The number of aromatic nitrogens is 2. The molecule has 2 heterocycles. The average molecular weight is 440 g/mol. The van der Waals surface area contributed by atoms with Crippen LogP contribution in [0.3, 0.4) is 0 Å². The lowest BCUT2D eigenvalue weighted by molar-refractivity contribution is 0.158. The highest BCUT2D eigenvalue weighted by molar-refractivity contribution is 6.03. The number of benzene rings is 1. The fraction of sp³-hybridized carbons (Fsp3) is 0.542. The molecule has 1 aromatic heterocycles. The van der Waals surface area contributed by atoms with E-state index in [1.807, 2.05) is 26.0 Å². The van der Waals surface area contributed by atoms with Crippen LogP contribution < -0.4 is 21.3 Å². The van der Waals surface area contributed by atoms with E-state index in [1.165, 1.54) is 5.56 Å². The first-order chi connectivity index (χ1) is 15.6. The van der Waals surface area contributed by atoms with E-state index in [-0.39, 0.29) is 0 Å². The van der Waals surface area contributed by atoms with Crippen LogP contribution in [-0.4, -0.2) is 55.1 Å². The van der Waals surface area contributed by atoms with Gasteiger partial charge in [0, 0.05) is 25.4 Å². The maximum absolute atomic E-state index is 8.55. The third-order valence-corrected chi connectivity index (χ3v) is 5.59. The van der Waals surface area contributed by atoms with E-state index in [0.29, 0.717) is 55.3 Å². The van der Waals surface area contributed by atoms with Crippen molar-refractivity contribution in [2.75, 3.05) is 55.3 Å². The second-order valence-corrected chi connectivity index (χ2v) is 8.14. The molecule has 8 heteroatoms. The Kier molecular flexibility index (Phi) is 9.25. The largest absolute Gasteiger partial charge is 0.380 e. The molecule has 0 bridgehead atoms. The van der Waals surface area contributed by atoms with Gasteiger partial charge >= 0.3 is 0 Å². The van der Waals surface area contributed by atoms with Gasteiger partial charge in [-0.1, -0.05) is 19.1 Å². The van der Waals surface area contributed by atoms with Crippen molar-refractivity contribution in [3.8, 4) is 0 Å². The van der Waals surface area contributed by atoms with E-state index in [4.69, 9.17) is 20.1 Å². The van der Waals surface area contributed by atoms with Crippen molar-refractivity contribution >= 4 is 28.9 Å². The first-order valence-electron chi connectivity index (χ1n) is 11.7. The van der Waals surface area contributed by atoms with Crippen LogP contribution >= 0.6 is 0 Å². The normalized spacial score (nSPS) is 14.2. The van der Waals surface area contributed by atoms with Gasteiger partial charge in [-0.05, 0) is 69.8 Å². The summed E-state index contributed by atoms with van der Waals surface area (Å²) in [5, 5.41) is 22.2. The summed E-state index contributed by atoms with van der Waals surface area (Å²) in [5.74, 6) is 1.83. The third kappa shape index (κ3) is 6.90. The highest BCUT2D eigenvalue weighted by atomic mass is 16.5. The summed E-state index contributed by atoms with van der Waals surface area (Å²) in [4.78, 5) is 9.55. The molecule has 32 heavy (non-hydrogen) atoms. The average Bonchev–Trinajstić information content (AvgIpc) is 2.81. The third-order valence-electron chi connectivity index (χ3n) is 5.59. The minimum Gasteiger partial charge on any atom is -0.380 e. The number of hydrogen-bond donors (Lipinski definition) is 5. The van der Waals surface area contributed by atoms with Gasteiger partial charge in [-0.25, -0.2) is 4.98 Å². The quantitative estimate of drug-likeness (QED) is 0.250. The summed E-state index contributed by atoms with van der Waals surface area (Å²) >= 11 is 0. The zero-order valence-corrected chi connectivity index (χ0v) is 19.6. The Bertz CT molecular complexity index is 881. The molecule has 3 rings (SSSR count). The molecule has 1 aliphatic rings. The minimum atomic E-state index is 0.475. The number of piperidine rings is 1. The van der Waals surface area contributed by atoms with Crippen molar-refractivity contribution in [1.82, 2.24) is 15.3 Å². The lowest BCUT2D eigenvalue weighted by Gasteiger charge is -2.23. The van der Waals surface area contributed by atoms with E-state index in [2.05, 4.69) is 40.3 Å². The van der Waals surface area contributed by atoms with E-state index in [9.17, 15) is 0 Å². The summed E-state index contributed by atoms with van der Waals surface area (Å²) in [6.45, 7) is 10.8. The lowest BCUT2D eigenvalue weighted by atomic mass is 9.98. The molecule has 8 nitrogen and oxygen atoms in total. The molecule has 0 aliphatic carbocycles. The Morgan fingerprint density at radius 3 is 2.72 bits per heavy atom. The SMILES string of the molecule is CCOCCNc1c(Nc2cccc(C)c2)nc(NCC2CCNCC2)nc1C(=N)CC. The zero-order valence-electron chi connectivity index (χ0n) is 19.6. The fourth-order valence-electron chi connectivity index (χ4n) is 3.76. The molecular weight excluding hydrogens is 402 g/mol. The molecule has 2 aromatic rings. The number of hydrogen-bond acceptors (Lipinski definition) is 8. The Morgan fingerprint density at radius 1 is 1.19 bits per heavy atom. The molecule has 0 spiro atoms. The molecule has 1 fully saturated rings. The van der Waals surface area contributed by atoms with Crippen LogP contribution in [-0.2, 0) is 4.74 Å². The van der Waals surface area contributed by atoms with Gasteiger partial charge in [-0.3, -0.25) is 0 Å². The Balaban J connectivity index is 1.90. The molecule has 0 saturated carbocycles. The molecule has 1 aromatic carbocycles. The molecule has 0 atom stereocenters. The fourth-order valence-corrected chi connectivity index (χ4v) is 3.76. The summed E-state index contributed by atoms with van der Waals surface area (Å²) in [5.41, 5.74) is 3.96. The van der Waals surface area contributed by atoms with Crippen LogP contribution in [0.2, 0.25) is 0 Å². The zero-order chi connectivity index (χ0) is 22.8. The maximum atomic E-state index is 8.55. The van der Waals surface area contributed by atoms with E-state index >= 15 is 0 Å². The summed E-state index contributed by atoms with van der Waals surface area (Å²) in [6, 6.07) is 8.19. The first-order valence-corrected chi connectivity index (χ1v) is 11.7. The summed E-state index contributed by atoms with van der Waals surface area (Å²) in [6.07, 6.45) is 2.89. The van der Waals surface area contributed by atoms with Crippen LogP contribution in [0.25, 0.3) is 0 Å². The lowest BCUT2D eigenvalue weighted by Crippen LogP contribution is -2.31. The highest BCUT2D eigenvalue weighted by Gasteiger charge is 2.19. The number of rotatable bonds is 12. The van der Waals surface area contributed by atoms with E-state index in [1.54, 1.807) is 0 Å². The molecule has 0 radical (unpaired) electrons. The van der Waals surface area contributed by atoms with Crippen LogP contribution in [0.15, 0.2) is 24.3 Å². The van der Waals surface area contributed by atoms with Gasteiger partial charge in [0.25, 0.3) is 0 Å². The number of ether oxygens (including phenoxy) is 1. The topological polar surface area (TPSA) is 107 Å². The van der Waals surface area contributed by atoms with Crippen LogP contribution in [0.5, 0.6) is 0 Å². The Hall–Kier alpha value is -2.71. The molecule has 1 saturated heterocycles. The summed E-state index contributed by atoms with van der Waals surface area (Å²) in [7, 11) is 0. The van der Waals surface area contributed by atoms with Gasteiger partial charge in [0.15, 0.2) is 5.82 Å². The van der Waals surface area contributed by atoms with E-state index in [0.717, 1.165) is 43.9 Å². The second kappa shape index (κ2) is 12.4. The van der Waals surface area contributed by atoms with Crippen molar-refractivity contribution in [3.05, 3.63) is 35.5 Å². The van der Waals surface area contributed by atoms with Gasteiger partial charge < -0.3 is 31.4 Å². The van der Waals surface area contributed by atoms with E-state index < -0.39 is 0 Å². The number of anilines is 4. The van der Waals surface area contributed by atoms with Gasteiger partial charge in [-0.15, -0.1) is 0 Å². The van der Waals surface area contributed by atoms with Crippen molar-refractivity contribution in [1.29, 1.82) is 5.41 Å². The molecule has 0 unspecified atom stereocenters. The van der Waals surface area contributed by atoms with Gasteiger partial charge in [-0.2, -0.15) is 4.98 Å². The monoisotopic (exact) mass is 439 g/mol. The van der Waals surface area contributed by atoms with Gasteiger partial charge in [0.2, 0.25) is 5.95 Å². The van der Waals surface area contributed by atoms with Crippen molar-refractivity contribution < 1.29 is 4.74 Å². The molecule has 0 amide bonds. The smallest absolute Gasteiger partial charge is 0.225 e. The highest BCUT2D eigenvalue weighted by Crippen LogP contribution is 2.29. The summed E-state index contributed by atoms with van der Waals surface area (Å²) < 4.78 is 5.49. The number of nitrogens with zero attached hydrogens (tertiary/aromatic N) is 2. The van der Waals surface area contributed by atoms with Crippen molar-refractivity contribution in [3.63, 3.8) is 0 Å². The molecule has 5 N–H and O–H groups in total.